The van der Waals surface area contributed by atoms with Gasteiger partial charge in [0, 0.05) is 0 Å². The summed E-state index contributed by atoms with van der Waals surface area (Å²) in [5, 5.41) is 0. The van der Waals surface area contributed by atoms with Crippen molar-refractivity contribution in [3.63, 3.8) is 0 Å². The van der Waals surface area contributed by atoms with E-state index in [1.165, 1.54) is 0 Å². The van der Waals surface area contributed by atoms with E-state index in [1.54, 1.807) is 0 Å². The molecular formula is C12H12N4. The lowest BCUT2D eigenvalue weighted by atomic mass is 10.00. The fraction of sp³-hybridized carbons (Fsp3) is 0. The van der Waals surface area contributed by atoms with Crippen LogP contribution in [0.25, 0.3) is 0 Å². The fourth-order valence-corrected chi connectivity index (χ4v) is 2.05. The van der Waals surface area contributed by atoms with Crippen LogP contribution in [0.5, 0.6) is 0 Å². The van der Waals surface area contributed by atoms with E-state index in [9.17, 15) is 0 Å². The Morgan fingerprint density at radius 3 is 1.19 bits per heavy atom. The Hall–Kier alpha value is -2.36. The predicted octanol–water partition coefficient (Wildman–Crippen LogP) is 0.509. The molecule has 0 radical (unpaired) electrons. The van der Waals surface area contributed by atoms with E-state index in [4.69, 9.17) is 17.2 Å². The summed E-state index contributed by atoms with van der Waals surface area (Å²) in [6.45, 7) is 0. The number of nitrogens with zero attached hydrogens (tertiary/aromatic N) is 1. The third kappa shape index (κ3) is 0.982. The smallest absolute Gasteiger partial charge is 0.0693 e. The molecule has 0 atom stereocenters. The van der Waals surface area contributed by atoms with Gasteiger partial charge in [0.1, 0.15) is 0 Å². The highest BCUT2D eigenvalue weighted by atomic mass is 15.2. The molecule has 0 saturated carbocycles. The van der Waals surface area contributed by atoms with Crippen LogP contribution in [-0.2, 0) is 0 Å². The third-order valence-electron chi connectivity index (χ3n) is 2.87. The van der Waals surface area contributed by atoms with E-state index in [0.29, 0.717) is 17.1 Å². The van der Waals surface area contributed by atoms with E-state index in [2.05, 4.69) is 0 Å². The van der Waals surface area contributed by atoms with Gasteiger partial charge in [0.2, 0.25) is 0 Å². The van der Waals surface area contributed by atoms with Crippen molar-refractivity contribution in [2.45, 2.75) is 0 Å². The summed E-state index contributed by atoms with van der Waals surface area (Å²) in [5.41, 5.74) is 22.7. The molecule has 0 aromatic heterocycles. The van der Waals surface area contributed by atoms with Crippen molar-refractivity contribution in [1.82, 2.24) is 4.90 Å². The Kier molecular flexibility index (Phi) is 1.57. The molecule has 0 saturated heterocycles. The Bertz CT molecular complexity index is 475. The molecule has 0 spiro atoms. The van der Waals surface area contributed by atoms with Crippen LogP contribution in [0.15, 0.2) is 70.6 Å². The summed E-state index contributed by atoms with van der Waals surface area (Å²) >= 11 is 0. The van der Waals surface area contributed by atoms with E-state index in [-0.39, 0.29) is 0 Å². The fourth-order valence-electron chi connectivity index (χ4n) is 2.05. The van der Waals surface area contributed by atoms with Crippen molar-refractivity contribution in [1.29, 1.82) is 0 Å². The van der Waals surface area contributed by atoms with Gasteiger partial charge in [0.25, 0.3) is 0 Å². The number of nitrogens with two attached hydrogens (primary N) is 3. The summed E-state index contributed by atoms with van der Waals surface area (Å²) in [4.78, 5) is 1.99. The summed E-state index contributed by atoms with van der Waals surface area (Å²) in [5.74, 6) is 0. The van der Waals surface area contributed by atoms with Crippen molar-refractivity contribution in [3.05, 3.63) is 70.6 Å². The van der Waals surface area contributed by atoms with E-state index in [1.807, 2.05) is 41.4 Å². The van der Waals surface area contributed by atoms with Gasteiger partial charge in [-0.05, 0) is 36.5 Å². The second kappa shape index (κ2) is 2.82. The molecule has 4 heteroatoms. The zero-order valence-electron chi connectivity index (χ0n) is 8.64. The SMILES string of the molecule is NC1=CC=C2C(N)=CC=C3C(N)=CC=C1N23. The molecule has 0 bridgehead atoms. The maximum Gasteiger partial charge on any atom is 0.0693 e. The van der Waals surface area contributed by atoms with E-state index >= 15 is 0 Å². The lowest BCUT2D eigenvalue weighted by molar-refractivity contribution is 0.529. The summed E-state index contributed by atoms with van der Waals surface area (Å²) in [6, 6.07) is 0. The van der Waals surface area contributed by atoms with E-state index < -0.39 is 0 Å². The monoisotopic (exact) mass is 212 g/mol. The average molecular weight is 212 g/mol. The summed E-state index contributed by atoms with van der Waals surface area (Å²) < 4.78 is 0. The standard InChI is InChI=1S/C12H12N4/c13-7-1-4-10-8(14)3-6-12-9(15)2-5-11(7)16(10)12/h1-6H,13-15H2. The predicted molar refractivity (Wildman–Crippen MR) is 62.9 cm³/mol. The molecule has 0 aromatic carbocycles. The second-order valence-corrected chi connectivity index (χ2v) is 3.86. The first-order chi connectivity index (χ1) is 7.68. The minimum atomic E-state index is 0.716. The van der Waals surface area contributed by atoms with Crippen LogP contribution >= 0.6 is 0 Å². The zero-order chi connectivity index (χ0) is 11.3. The lowest BCUT2D eigenvalue weighted by Gasteiger charge is -2.38. The lowest BCUT2D eigenvalue weighted by Crippen LogP contribution is -2.35. The molecule has 3 aliphatic rings. The zero-order valence-corrected chi connectivity index (χ0v) is 8.64. The van der Waals surface area contributed by atoms with Crippen molar-refractivity contribution >= 4 is 0 Å². The largest absolute Gasteiger partial charge is 0.397 e. The maximum atomic E-state index is 5.93. The molecule has 80 valence electrons. The van der Waals surface area contributed by atoms with Crippen LogP contribution in [0.4, 0.5) is 0 Å². The van der Waals surface area contributed by atoms with E-state index in [0.717, 1.165) is 17.1 Å². The van der Waals surface area contributed by atoms with Crippen LogP contribution in [0.3, 0.4) is 0 Å². The van der Waals surface area contributed by atoms with Crippen LogP contribution in [0.1, 0.15) is 0 Å². The van der Waals surface area contributed by atoms with Gasteiger partial charge in [0.15, 0.2) is 0 Å². The van der Waals surface area contributed by atoms with Gasteiger partial charge in [-0.2, -0.15) is 0 Å². The molecule has 3 rings (SSSR count). The Morgan fingerprint density at radius 1 is 0.562 bits per heavy atom. The highest BCUT2D eigenvalue weighted by Crippen LogP contribution is 2.36. The van der Waals surface area contributed by atoms with Gasteiger partial charge < -0.3 is 22.1 Å². The first-order valence-corrected chi connectivity index (χ1v) is 5.02. The van der Waals surface area contributed by atoms with Gasteiger partial charge in [0.05, 0.1) is 34.2 Å². The van der Waals surface area contributed by atoms with Gasteiger partial charge in [-0.1, -0.05) is 0 Å². The Balaban J connectivity index is 2.28. The molecule has 0 fully saturated rings. The minimum Gasteiger partial charge on any atom is -0.397 e. The molecule has 0 amide bonds. The van der Waals surface area contributed by atoms with Crippen molar-refractivity contribution in [2.75, 3.05) is 0 Å². The molecular weight excluding hydrogens is 200 g/mol. The van der Waals surface area contributed by atoms with Crippen LogP contribution in [-0.4, -0.2) is 4.90 Å². The average Bonchev–Trinajstić information content (AvgIpc) is 2.27. The number of allylic oxidation sites excluding steroid dienone is 6. The summed E-state index contributed by atoms with van der Waals surface area (Å²) in [6.07, 6.45) is 11.3. The van der Waals surface area contributed by atoms with Gasteiger partial charge >= 0.3 is 0 Å². The van der Waals surface area contributed by atoms with Crippen LogP contribution in [0.2, 0.25) is 0 Å². The molecule has 3 heterocycles. The minimum absolute atomic E-state index is 0.716. The number of rotatable bonds is 0. The molecule has 0 aromatic rings. The van der Waals surface area contributed by atoms with Gasteiger partial charge in [-0.3, -0.25) is 0 Å². The summed E-state index contributed by atoms with van der Waals surface area (Å²) in [7, 11) is 0. The second-order valence-electron chi connectivity index (χ2n) is 3.86. The highest BCUT2D eigenvalue weighted by molar-refractivity contribution is 5.58. The van der Waals surface area contributed by atoms with Crippen molar-refractivity contribution in [3.8, 4) is 0 Å². The van der Waals surface area contributed by atoms with Gasteiger partial charge in [-0.15, -0.1) is 0 Å². The van der Waals surface area contributed by atoms with Crippen molar-refractivity contribution in [2.24, 2.45) is 17.2 Å². The number of hydrogen-bond donors (Lipinski definition) is 3. The molecule has 16 heavy (non-hydrogen) atoms. The molecule has 3 aliphatic heterocycles. The first-order valence-electron chi connectivity index (χ1n) is 5.02. The quantitative estimate of drug-likeness (QED) is 0.546. The number of hydrogen-bond acceptors (Lipinski definition) is 4. The normalized spacial score (nSPS) is 22.1. The topological polar surface area (TPSA) is 81.3 Å². The highest BCUT2D eigenvalue weighted by Gasteiger charge is 2.29. The van der Waals surface area contributed by atoms with Crippen molar-refractivity contribution < 1.29 is 0 Å². The maximum absolute atomic E-state index is 5.93. The Labute approximate surface area is 93.4 Å². The van der Waals surface area contributed by atoms with Crippen LogP contribution in [0, 0.1) is 0 Å². The molecule has 4 nitrogen and oxygen atoms in total. The molecule has 0 unspecified atom stereocenters. The van der Waals surface area contributed by atoms with Gasteiger partial charge in [-0.25, -0.2) is 0 Å². The third-order valence-corrected chi connectivity index (χ3v) is 2.87. The Morgan fingerprint density at radius 2 is 0.875 bits per heavy atom. The molecule has 6 N–H and O–H groups in total. The van der Waals surface area contributed by atoms with Crippen LogP contribution < -0.4 is 17.2 Å². The first kappa shape index (κ1) is 8.91. The molecule has 0 aliphatic carbocycles.